The smallest absolute Gasteiger partial charge is 0.406 e. The minimum absolute atomic E-state index is 0.198. The fourth-order valence-electron chi connectivity index (χ4n) is 2.53. The summed E-state index contributed by atoms with van der Waals surface area (Å²) in [7, 11) is 0. The van der Waals surface area contributed by atoms with Gasteiger partial charge in [-0.2, -0.15) is 0 Å². The van der Waals surface area contributed by atoms with E-state index in [-0.39, 0.29) is 11.3 Å². The molecule has 0 aliphatic rings. The van der Waals surface area contributed by atoms with E-state index in [2.05, 4.69) is 44.7 Å². The molecule has 32 heavy (non-hydrogen) atoms. The maximum Gasteiger partial charge on any atom is 0.573 e. The number of carbonyl (C=O) groups is 2. The highest BCUT2D eigenvalue weighted by molar-refractivity contribution is 5.97. The summed E-state index contributed by atoms with van der Waals surface area (Å²) >= 11 is 0. The van der Waals surface area contributed by atoms with Crippen molar-refractivity contribution in [1.29, 1.82) is 0 Å². The van der Waals surface area contributed by atoms with Crippen LogP contribution < -0.4 is 20.9 Å². The van der Waals surface area contributed by atoms with E-state index in [1.165, 1.54) is 24.8 Å². The average molecular weight is 448 g/mol. The van der Waals surface area contributed by atoms with Crippen LogP contribution in [0.15, 0.2) is 42.7 Å². The summed E-state index contributed by atoms with van der Waals surface area (Å²) in [6.07, 6.45) is 3.32. The van der Waals surface area contributed by atoms with Crippen LogP contribution in [0.25, 0.3) is 0 Å². The maximum absolute atomic E-state index is 12.2. The molecule has 1 aromatic heterocycles. The second-order valence-corrected chi connectivity index (χ2v) is 6.68. The lowest BCUT2D eigenvalue weighted by molar-refractivity contribution is -0.274. The molecule has 7 nitrogen and oxygen atoms in total. The Morgan fingerprint density at radius 2 is 1.81 bits per heavy atom. The Labute approximate surface area is 183 Å². The predicted octanol–water partition coefficient (Wildman–Crippen LogP) is 4.77. The summed E-state index contributed by atoms with van der Waals surface area (Å²) in [4.78, 5) is 28.1. The molecular formula is C22H23F3N4O3. The topological polar surface area (TPSA) is 92.4 Å². The molecular weight excluding hydrogens is 425 g/mol. The van der Waals surface area contributed by atoms with Crippen LogP contribution in [0.2, 0.25) is 0 Å². The SMILES string of the molecule is CCCCCCC#Cc1cncc(C(=O)NNC(=O)Nc2ccc(OC(F)(F)F)cc2)c1. The van der Waals surface area contributed by atoms with Crippen LogP contribution in [-0.4, -0.2) is 23.3 Å². The molecule has 0 saturated carbocycles. The summed E-state index contributed by atoms with van der Waals surface area (Å²) < 4.78 is 40.2. The van der Waals surface area contributed by atoms with Gasteiger partial charge in [-0.05, 0) is 36.8 Å². The molecule has 0 bridgehead atoms. The minimum Gasteiger partial charge on any atom is -0.406 e. The van der Waals surface area contributed by atoms with E-state index in [4.69, 9.17) is 0 Å². The Balaban J connectivity index is 1.82. The molecule has 0 aliphatic carbocycles. The first-order valence-electron chi connectivity index (χ1n) is 9.94. The van der Waals surface area contributed by atoms with Gasteiger partial charge < -0.3 is 10.1 Å². The minimum atomic E-state index is -4.80. The van der Waals surface area contributed by atoms with Gasteiger partial charge in [-0.25, -0.2) is 10.2 Å². The van der Waals surface area contributed by atoms with Gasteiger partial charge in [0.15, 0.2) is 0 Å². The van der Waals surface area contributed by atoms with Crippen LogP contribution in [0.4, 0.5) is 23.7 Å². The number of unbranched alkanes of at least 4 members (excludes halogenated alkanes) is 4. The van der Waals surface area contributed by atoms with Gasteiger partial charge in [-0.15, -0.1) is 13.2 Å². The van der Waals surface area contributed by atoms with E-state index in [0.29, 0.717) is 5.56 Å². The van der Waals surface area contributed by atoms with Crippen LogP contribution in [0.1, 0.15) is 54.9 Å². The summed E-state index contributed by atoms with van der Waals surface area (Å²) in [5.41, 5.74) is 5.35. The number of ether oxygens (including phenoxy) is 1. The molecule has 0 atom stereocenters. The van der Waals surface area contributed by atoms with Gasteiger partial charge >= 0.3 is 12.4 Å². The molecule has 0 aliphatic heterocycles. The fourth-order valence-corrected chi connectivity index (χ4v) is 2.53. The van der Waals surface area contributed by atoms with Crippen LogP contribution in [0, 0.1) is 11.8 Å². The van der Waals surface area contributed by atoms with Gasteiger partial charge in [-0.3, -0.25) is 15.2 Å². The number of anilines is 1. The number of halogens is 3. The molecule has 0 unspecified atom stereocenters. The number of alkyl halides is 3. The molecule has 2 rings (SSSR count). The van der Waals surface area contributed by atoms with E-state index >= 15 is 0 Å². The molecule has 1 heterocycles. The van der Waals surface area contributed by atoms with Crippen molar-refractivity contribution in [1.82, 2.24) is 15.8 Å². The van der Waals surface area contributed by atoms with Gasteiger partial charge in [0.2, 0.25) is 0 Å². The molecule has 0 spiro atoms. The Kier molecular flexibility index (Phi) is 9.35. The average Bonchev–Trinajstić information content (AvgIpc) is 2.75. The first-order valence-corrected chi connectivity index (χ1v) is 9.94. The van der Waals surface area contributed by atoms with Gasteiger partial charge in [0, 0.05) is 30.1 Å². The van der Waals surface area contributed by atoms with Crippen molar-refractivity contribution < 1.29 is 27.5 Å². The second kappa shape index (κ2) is 12.2. The zero-order valence-electron chi connectivity index (χ0n) is 17.4. The number of urea groups is 1. The lowest BCUT2D eigenvalue weighted by Crippen LogP contribution is -2.43. The summed E-state index contributed by atoms with van der Waals surface area (Å²) in [5.74, 6) is 4.98. The summed E-state index contributed by atoms with van der Waals surface area (Å²) in [6.45, 7) is 2.14. The van der Waals surface area contributed by atoms with Gasteiger partial charge in [0.05, 0.1) is 5.56 Å². The number of nitrogens with zero attached hydrogens (tertiary/aromatic N) is 1. The third-order valence-corrected chi connectivity index (χ3v) is 4.02. The highest BCUT2D eigenvalue weighted by Gasteiger charge is 2.30. The molecule has 0 saturated heterocycles. The number of nitrogens with one attached hydrogen (secondary N) is 3. The third kappa shape index (κ3) is 9.38. The number of hydrogen-bond acceptors (Lipinski definition) is 4. The van der Waals surface area contributed by atoms with E-state index < -0.39 is 24.1 Å². The highest BCUT2D eigenvalue weighted by atomic mass is 19.4. The van der Waals surface area contributed by atoms with Crippen molar-refractivity contribution in [3.05, 3.63) is 53.9 Å². The Hall–Kier alpha value is -3.74. The molecule has 1 aromatic carbocycles. The van der Waals surface area contributed by atoms with Crippen molar-refractivity contribution in [2.75, 3.05) is 5.32 Å². The van der Waals surface area contributed by atoms with Crippen molar-refractivity contribution in [3.63, 3.8) is 0 Å². The van der Waals surface area contributed by atoms with Gasteiger partial charge in [0.1, 0.15) is 5.75 Å². The fraction of sp³-hybridized carbons (Fsp3) is 0.318. The largest absolute Gasteiger partial charge is 0.573 e. The van der Waals surface area contributed by atoms with Crippen molar-refractivity contribution in [2.24, 2.45) is 0 Å². The van der Waals surface area contributed by atoms with Gasteiger partial charge in [0.25, 0.3) is 5.91 Å². The first kappa shape index (κ1) is 24.5. The molecule has 0 radical (unpaired) electrons. The molecule has 10 heteroatoms. The quantitative estimate of drug-likeness (QED) is 0.323. The summed E-state index contributed by atoms with van der Waals surface area (Å²) in [6, 6.07) is 5.29. The third-order valence-electron chi connectivity index (χ3n) is 4.02. The standard InChI is InChI=1S/C22H23F3N4O3/c1-2-3-4-5-6-7-8-16-13-17(15-26-14-16)20(30)28-29-21(31)27-18-9-11-19(12-10-18)32-22(23,24)25/h9-15H,2-6H2,1H3,(H,28,30)(H2,27,29,31). The number of aromatic nitrogens is 1. The molecule has 3 N–H and O–H groups in total. The number of carbonyl (C=O) groups excluding carboxylic acids is 2. The monoisotopic (exact) mass is 448 g/mol. The number of benzene rings is 1. The van der Waals surface area contributed by atoms with Crippen molar-refractivity contribution in [2.45, 2.75) is 45.4 Å². The zero-order valence-corrected chi connectivity index (χ0v) is 17.4. The van der Waals surface area contributed by atoms with Crippen LogP contribution >= 0.6 is 0 Å². The zero-order chi connectivity index (χ0) is 23.4. The number of pyridine rings is 1. The van der Waals surface area contributed by atoms with Crippen LogP contribution in [-0.2, 0) is 0 Å². The maximum atomic E-state index is 12.2. The first-order chi connectivity index (χ1) is 15.3. The van der Waals surface area contributed by atoms with Crippen molar-refractivity contribution in [3.8, 4) is 17.6 Å². The van der Waals surface area contributed by atoms with E-state index in [9.17, 15) is 22.8 Å². The predicted molar refractivity (Wildman–Crippen MR) is 113 cm³/mol. The normalized spacial score (nSPS) is 10.5. The Morgan fingerprint density at radius 3 is 2.50 bits per heavy atom. The molecule has 170 valence electrons. The summed E-state index contributed by atoms with van der Waals surface area (Å²) in [5, 5.41) is 2.36. The van der Waals surface area contributed by atoms with Crippen LogP contribution in [0.5, 0.6) is 5.75 Å². The number of amides is 3. The molecule has 3 amide bonds. The lowest BCUT2D eigenvalue weighted by atomic mass is 10.1. The van der Waals surface area contributed by atoms with Crippen LogP contribution in [0.3, 0.4) is 0 Å². The van der Waals surface area contributed by atoms with E-state index in [1.807, 2.05) is 0 Å². The van der Waals surface area contributed by atoms with Crippen molar-refractivity contribution >= 4 is 17.6 Å². The molecule has 0 fully saturated rings. The molecule has 2 aromatic rings. The lowest BCUT2D eigenvalue weighted by Gasteiger charge is -2.11. The number of hydrogen-bond donors (Lipinski definition) is 3. The second-order valence-electron chi connectivity index (χ2n) is 6.68. The number of rotatable bonds is 7. The highest BCUT2D eigenvalue weighted by Crippen LogP contribution is 2.23. The Morgan fingerprint density at radius 1 is 1.06 bits per heavy atom. The number of hydrazine groups is 1. The van der Waals surface area contributed by atoms with E-state index in [0.717, 1.165) is 37.8 Å². The Bertz CT molecular complexity index is 967. The van der Waals surface area contributed by atoms with E-state index in [1.54, 1.807) is 12.3 Å². The van der Waals surface area contributed by atoms with Gasteiger partial charge in [-0.1, -0.05) is 38.0 Å².